The van der Waals surface area contributed by atoms with Gasteiger partial charge in [-0.25, -0.2) is 0 Å². The molecule has 19 heavy (non-hydrogen) atoms. The van der Waals surface area contributed by atoms with Crippen LogP contribution in [0.1, 0.15) is 13.8 Å². The topological polar surface area (TPSA) is 38.3 Å². The largest absolute Gasteiger partial charge is 0.466 e. The van der Waals surface area contributed by atoms with Crippen molar-refractivity contribution in [1.29, 1.82) is 0 Å². The van der Waals surface area contributed by atoms with Crippen LogP contribution in [0.15, 0.2) is 28.7 Å². The third kappa shape index (κ3) is 5.78. The van der Waals surface area contributed by atoms with Crippen molar-refractivity contribution in [3.8, 4) is 5.75 Å². The Bertz CT molecular complexity index is 432. The van der Waals surface area contributed by atoms with E-state index in [2.05, 4.69) is 21.2 Å². The van der Waals surface area contributed by atoms with Gasteiger partial charge in [0, 0.05) is 10.4 Å². The van der Waals surface area contributed by atoms with Gasteiger partial charge in [0.25, 0.3) is 0 Å². The highest BCUT2D eigenvalue weighted by Crippen LogP contribution is 2.32. The second kappa shape index (κ2) is 7.02. The van der Waals surface area contributed by atoms with Gasteiger partial charge in [-0.1, -0.05) is 64.6 Å². The van der Waals surface area contributed by atoms with Crippen molar-refractivity contribution in [2.45, 2.75) is 23.9 Å². The molecule has 0 aromatic heterocycles. The summed E-state index contributed by atoms with van der Waals surface area (Å²) >= 11 is 20.7. The molecule has 0 aliphatic rings. The van der Waals surface area contributed by atoms with Crippen LogP contribution in [0.4, 0.5) is 0 Å². The molecule has 0 aliphatic heterocycles. The van der Waals surface area contributed by atoms with Crippen LogP contribution in [-0.2, 0) is 4.79 Å². The third-order valence-electron chi connectivity index (χ3n) is 2.16. The molecule has 0 bridgehead atoms. The zero-order valence-electron chi connectivity index (χ0n) is 10.3. The van der Waals surface area contributed by atoms with Crippen molar-refractivity contribution in [3.63, 3.8) is 0 Å². The van der Waals surface area contributed by atoms with E-state index in [1.54, 1.807) is 38.1 Å². The number of nitrogens with one attached hydrogen (secondary N) is 1. The zero-order valence-corrected chi connectivity index (χ0v) is 14.1. The Labute approximate surface area is 135 Å². The number of ether oxygens (including phenoxy) is 1. The molecule has 1 rings (SSSR count). The molecule has 0 fully saturated rings. The minimum absolute atomic E-state index is 0.233. The minimum Gasteiger partial charge on any atom is -0.466 e. The molecule has 1 unspecified atom stereocenters. The minimum atomic E-state index is -1.77. The van der Waals surface area contributed by atoms with Gasteiger partial charge < -0.3 is 10.1 Å². The van der Waals surface area contributed by atoms with Crippen molar-refractivity contribution < 1.29 is 9.53 Å². The van der Waals surface area contributed by atoms with Crippen molar-refractivity contribution in [1.82, 2.24) is 5.32 Å². The second-order valence-corrected chi connectivity index (χ2v) is 7.44. The lowest BCUT2D eigenvalue weighted by Crippen LogP contribution is -2.49. The summed E-state index contributed by atoms with van der Waals surface area (Å²) in [5.74, 6) is 0.000357. The maximum Gasteiger partial charge on any atom is 0.246 e. The van der Waals surface area contributed by atoms with Crippen LogP contribution < -0.4 is 10.1 Å². The Balaban J connectivity index is 2.81. The zero-order chi connectivity index (χ0) is 14.6. The van der Waals surface area contributed by atoms with E-state index in [1.807, 2.05) is 0 Å². The van der Waals surface area contributed by atoms with E-state index in [4.69, 9.17) is 39.5 Å². The van der Waals surface area contributed by atoms with Gasteiger partial charge in [0.2, 0.25) is 15.9 Å². The number of halogens is 4. The fourth-order valence-corrected chi connectivity index (χ4v) is 1.68. The number of carbonyl (C=O) groups is 1. The highest BCUT2D eigenvalue weighted by Gasteiger charge is 2.36. The van der Waals surface area contributed by atoms with Crippen LogP contribution in [0.25, 0.3) is 0 Å². The summed E-state index contributed by atoms with van der Waals surface area (Å²) in [7, 11) is 0. The fourth-order valence-electron chi connectivity index (χ4n) is 1.12. The SMILES string of the molecule is CC(C)C(=O)NC(Oc1ccc(Br)cc1)C(Cl)(Cl)Cl. The fraction of sp³-hybridized carbons (Fsp3) is 0.417. The van der Waals surface area contributed by atoms with E-state index in [0.29, 0.717) is 5.75 Å². The van der Waals surface area contributed by atoms with E-state index >= 15 is 0 Å². The highest BCUT2D eigenvalue weighted by molar-refractivity contribution is 9.10. The van der Waals surface area contributed by atoms with E-state index in [0.717, 1.165) is 4.47 Å². The standard InChI is InChI=1S/C12H13BrCl3NO2/c1-7(2)10(18)17-11(12(14,15)16)19-9-5-3-8(13)4-6-9/h3-7,11H,1-2H3,(H,17,18). The molecule has 1 N–H and O–H groups in total. The van der Waals surface area contributed by atoms with E-state index < -0.39 is 10.0 Å². The Morgan fingerprint density at radius 1 is 1.26 bits per heavy atom. The van der Waals surface area contributed by atoms with Gasteiger partial charge in [-0.05, 0) is 24.3 Å². The van der Waals surface area contributed by atoms with E-state index in [9.17, 15) is 4.79 Å². The van der Waals surface area contributed by atoms with Gasteiger partial charge in [0.15, 0.2) is 0 Å². The first-order chi connectivity index (χ1) is 8.70. The molecule has 1 aromatic rings. The van der Waals surface area contributed by atoms with Gasteiger partial charge >= 0.3 is 0 Å². The van der Waals surface area contributed by atoms with Gasteiger partial charge in [-0.15, -0.1) is 0 Å². The Hall–Kier alpha value is -0.160. The molecule has 7 heteroatoms. The first-order valence-corrected chi connectivity index (χ1v) is 7.42. The Kier molecular flexibility index (Phi) is 6.24. The maximum absolute atomic E-state index is 11.7. The van der Waals surface area contributed by atoms with Gasteiger partial charge in [0.1, 0.15) is 5.75 Å². The molecular weight excluding hydrogens is 376 g/mol. The maximum atomic E-state index is 11.7. The first-order valence-electron chi connectivity index (χ1n) is 5.49. The summed E-state index contributed by atoms with van der Waals surface area (Å²) in [5.41, 5.74) is 0. The first kappa shape index (κ1) is 16.9. The summed E-state index contributed by atoms with van der Waals surface area (Å²) in [6.45, 7) is 3.48. The van der Waals surface area contributed by atoms with Gasteiger partial charge in [-0.3, -0.25) is 4.79 Å². The predicted octanol–water partition coefficient (Wildman–Crippen LogP) is 4.30. The molecular formula is C12H13BrCl3NO2. The molecule has 0 radical (unpaired) electrons. The normalized spacial score (nSPS) is 13.2. The molecule has 1 amide bonds. The summed E-state index contributed by atoms with van der Waals surface area (Å²) in [5, 5.41) is 2.55. The van der Waals surface area contributed by atoms with Crippen molar-refractivity contribution in [2.75, 3.05) is 0 Å². The molecule has 1 aromatic carbocycles. The second-order valence-electron chi connectivity index (χ2n) is 4.16. The van der Waals surface area contributed by atoms with Gasteiger partial charge in [0.05, 0.1) is 0 Å². The Morgan fingerprint density at radius 3 is 2.21 bits per heavy atom. The molecule has 0 saturated heterocycles. The number of amides is 1. The summed E-state index contributed by atoms with van der Waals surface area (Å²) in [4.78, 5) is 11.7. The van der Waals surface area contributed by atoms with Crippen LogP contribution in [0, 0.1) is 5.92 Å². The van der Waals surface area contributed by atoms with Crippen molar-refractivity contribution in [2.24, 2.45) is 5.92 Å². The monoisotopic (exact) mass is 387 g/mol. The van der Waals surface area contributed by atoms with Crippen LogP contribution in [0.2, 0.25) is 0 Å². The number of alkyl halides is 3. The molecule has 3 nitrogen and oxygen atoms in total. The summed E-state index contributed by atoms with van der Waals surface area (Å²) < 4.78 is 4.64. The smallest absolute Gasteiger partial charge is 0.246 e. The van der Waals surface area contributed by atoms with Gasteiger partial charge in [-0.2, -0.15) is 0 Å². The third-order valence-corrected chi connectivity index (χ3v) is 3.29. The molecule has 0 aliphatic carbocycles. The lowest BCUT2D eigenvalue weighted by atomic mass is 10.2. The van der Waals surface area contributed by atoms with Crippen molar-refractivity contribution >= 4 is 56.6 Å². The summed E-state index contributed by atoms with van der Waals surface area (Å²) in [6, 6.07) is 6.98. The summed E-state index contributed by atoms with van der Waals surface area (Å²) in [6.07, 6.45) is -1.06. The van der Waals surface area contributed by atoms with E-state index in [-0.39, 0.29) is 11.8 Å². The van der Waals surface area contributed by atoms with Crippen LogP contribution in [-0.4, -0.2) is 15.9 Å². The molecule has 1 atom stereocenters. The lowest BCUT2D eigenvalue weighted by Gasteiger charge is -2.27. The van der Waals surface area contributed by atoms with Crippen LogP contribution in [0.3, 0.4) is 0 Å². The predicted molar refractivity (Wildman–Crippen MR) is 81.8 cm³/mol. The number of hydrogen-bond acceptors (Lipinski definition) is 2. The number of hydrogen-bond donors (Lipinski definition) is 1. The highest BCUT2D eigenvalue weighted by atomic mass is 79.9. The molecule has 0 saturated carbocycles. The average molecular weight is 390 g/mol. The quantitative estimate of drug-likeness (QED) is 0.616. The molecule has 0 heterocycles. The lowest BCUT2D eigenvalue weighted by molar-refractivity contribution is -0.126. The average Bonchev–Trinajstić information content (AvgIpc) is 2.29. The number of benzene rings is 1. The molecule has 0 spiro atoms. The number of carbonyl (C=O) groups excluding carboxylic acids is 1. The van der Waals surface area contributed by atoms with E-state index in [1.165, 1.54) is 0 Å². The van der Waals surface area contributed by atoms with Crippen LogP contribution >= 0.6 is 50.7 Å². The molecule has 106 valence electrons. The van der Waals surface area contributed by atoms with Crippen LogP contribution in [0.5, 0.6) is 5.75 Å². The number of rotatable bonds is 4. The Morgan fingerprint density at radius 2 is 1.79 bits per heavy atom. The van der Waals surface area contributed by atoms with Crippen molar-refractivity contribution in [3.05, 3.63) is 28.7 Å².